The maximum Gasteiger partial charge on any atom is 0.472 e. The first kappa shape index (κ1) is 99.1. The molecule has 0 spiro atoms. The van der Waals surface area contributed by atoms with E-state index in [4.69, 9.17) is 37.0 Å². The van der Waals surface area contributed by atoms with Crippen LogP contribution in [0.3, 0.4) is 0 Å². The molecule has 0 aliphatic carbocycles. The van der Waals surface area contributed by atoms with Gasteiger partial charge in [0.15, 0.2) is 12.2 Å². The first-order chi connectivity index (χ1) is 49.0. The summed E-state index contributed by atoms with van der Waals surface area (Å²) in [6, 6.07) is 0. The molecule has 0 radical (unpaired) electrons. The first-order valence-electron chi connectivity index (χ1n) is 42.6. The zero-order valence-corrected chi connectivity index (χ0v) is 67.8. The average Bonchev–Trinajstić information content (AvgIpc) is 1.01. The van der Waals surface area contributed by atoms with Gasteiger partial charge in [0.05, 0.1) is 26.4 Å². The van der Waals surface area contributed by atoms with Gasteiger partial charge in [0.25, 0.3) is 0 Å². The van der Waals surface area contributed by atoms with Gasteiger partial charge in [-0.15, -0.1) is 0 Å². The van der Waals surface area contributed by atoms with Gasteiger partial charge in [0, 0.05) is 25.7 Å². The Labute approximate surface area is 619 Å². The fraction of sp³-hybridized carbons (Fsp3) is 0.951. The van der Waals surface area contributed by atoms with E-state index < -0.39 is 97.5 Å². The van der Waals surface area contributed by atoms with Crippen LogP contribution in [0.15, 0.2) is 0 Å². The molecule has 5 atom stereocenters. The topological polar surface area (TPSA) is 237 Å². The normalized spacial score (nSPS) is 13.8. The zero-order chi connectivity index (χ0) is 74.1. The monoisotopic (exact) mass is 1480 g/mol. The van der Waals surface area contributed by atoms with Crippen LogP contribution in [0.25, 0.3) is 0 Å². The molecular weight excluding hydrogens is 1320 g/mol. The minimum atomic E-state index is -4.96. The molecule has 0 aliphatic rings. The molecule has 0 fully saturated rings. The number of carbonyl (C=O) groups excluding carboxylic acids is 4. The largest absolute Gasteiger partial charge is 0.472 e. The highest BCUT2D eigenvalue weighted by Crippen LogP contribution is 2.45. The molecule has 0 bridgehead atoms. The molecule has 3 N–H and O–H groups in total. The molecule has 0 saturated heterocycles. The summed E-state index contributed by atoms with van der Waals surface area (Å²) in [5.74, 6) is -1.31. The molecule has 101 heavy (non-hydrogen) atoms. The van der Waals surface area contributed by atoms with Crippen LogP contribution in [0, 0.1) is 5.92 Å². The summed E-state index contributed by atoms with van der Waals surface area (Å²) in [5.41, 5.74) is 0. The predicted octanol–water partition coefficient (Wildman–Crippen LogP) is 24.8. The third kappa shape index (κ3) is 76.1. The number of phosphoric ester groups is 2. The molecule has 0 aromatic heterocycles. The average molecular weight is 1480 g/mol. The Kier molecular flexibility index (Phi) is 73.5. The number of unbranched alkanes of at least 4 members (excludes halogenated alkanes) is 54. The molecule has 0 rings (SSSR count). The molecule has 19 heteroatoms. The van der Waals surface area contributed by atoms with Crippen LogP contribution in [-0.2, 0) is 65.4 Å². The van der Waals surface area contributed by atoms with Gasteiger partial charge in [-0.1, -0.05) is 388 Å². The van der Waals surface area contributed by atoms with Gasteiger partial charge in [-0.2, -0.15) is 0 Å². The van der Waals surface area contributed by atoms with Gasteiger partial charge in [-0.25, -0.2) is 9.13 Å². The second-order valence-corrected chi connectivity index (χ2v) is 32.9. The summed E-state index contributed by atoms with van der Waals surface area (Å²) >= 11 is 0. The molecular formula is C82H160O17P2. The van der Waals surface area contributed by atoms with Crippen molar-refractivity contribution in [1.82, 2.24) is 0 Å². The SMILES string of the molecule is CCCCCCCCCCCCCCCCCCCCCCCCC(=O)O[C@H](COC(=O)CCCCCCCCCCCCCCCC(C)C)COP(=O)(O)OC[C@@H](O)COP(=O)(O)OC[C@@H](COC(=O)CCCCCCCCCCCCC)OC(=O)CCCCCCCCCCCCCC. The Morgan fingerprint density at radius 2 is 0.455 bits per heavy atom. The highest BCUT2D eigenvalue weighted by Gasteiger charge is 2.30. The number of phosphoric acid groups is 2. The summed E-state index contributed by atoms with van der Waals surface area (Å²) in [5, 5.41) is 10.6. The predicted molar refractivity (Wildman–Crippen MR) is 414 cm³/mol. The van der Waals surface area contributed by atoms with E-state index >= 15 is 0 Å². The number of aliphatic hydroxyl groups is 1. The van der Waals surface area contributed by atoms with Gasteiger partial charge in [-0.3, -0.25) is 37.3 Å². The molecule has 0 amide bonds. The number of aliphatic hydroxyl groups excluding tert-OH is 1. The molecule has 17 nitrogen and oxygen atoms in total. The van der Waals surface area contributed by atoms with Crippen LogP contribution in [0.4, 0.5) is 0 Å². The maximum absolute atomic E-state index is 13.1. The van der Waals surface area contributed by atoms with E-state index in [0.717, 1.165) is 95.8 Å². The van der Waals surface area contributed by atoms with E-state index in [2.05, 4.69) is 34.6 Å². The Morgan fingerprint density at radius 3 is 0.673 bits per heavy atom. The zero-order valence-electron chi connectivity index (χ0n) is 66.1. The van der Waals surface area contributed by atoms with Crippen molar-refractivity contribution >= 4 is 39.5 Å². The van der Waals surface area contributed by atoms with Crippen molar-refractivity contribution < 1.29 is 80.2 Å². The number of ether oxygens (including phenoxy) is 4. The van der Waals surface area contributed by atoms with Crippen LogP contribution in [0.5, 0.6) is 0 Å². The third-order valence-electron chi connectivity index (χ3n) is 19.3. The molecule has 0 heterocycles. The summed E-state index contributed by atoms with van der Waals surface area (Å²) < 4.78 is 68.7. The van der Waals surface area contributed by atoms with Crippen molar-refractivity contribution in [3.63, 3.8) is 0 Å². The molecule has 0 aromatic rings. The Balaban J connectivity index is 5.21. The maximum atomic E-state index is 13.1. The van der Waals surface area contributed by atoms with Crippen LogP contribution >= 0.6 is 15.6 Å². The van der Waals surface area contributed by atoms with E-state index in [1.165, 1.54) is 263 Å². The quantitative estimate of drug-likeness (QED) is 0.0222. The molecule has 600 valence electrons. The van der Waals surface area contributed by atoms with E-state index in [0.29, 0.717) is 25.7 Å². The van der Waals surface area contributed by atoms with Crippen molar-refractivity contribution in [2.75, 3.05) is 39.6 Å². The number of hydrogen-bond donors (Lipinski definition) is 3. The Bertz CT molecular complexity index is 1930. The molecule has 0 aromatic carbocycles. The van der Waals surface area contributed by atoms with E-state index in [9.17, 15) is 43.2 Å². The Morgan fingerprint density at radius 1 is 0.267 bits per heavy atom. The first-order valence-corrected chi connectivity index (χ1v) is 45.6. The smallest absolute Gasteiger partial charge is 0.462 e. The van der Waals surface area contributed by atoms with Gasteiger partial charge in [0.1, 0.15) is 19.3 Å². The van der Waals surface area contributed by atoms with Gasteiger partial charge < -0.3 is 33.8 Å². The van der Waals surface area contributed by atoms with E-state index in [1.807, 2.05) is 0 Å². The third-order valence-corrected chi connectivity index (χ3v) is 21.2. The fourth-order valence-electron chi connectivity index (χ4n) is 12.8. The number of esters is 4. The lowest BCUT2D eigenvalue weighted by atomic mass is 10.0. The molecule has 2 unspecified atom stereocenters. The van der Waals surface area contributed by atoms with Crippen LogP contribution < -0.4 is 0 Å². The lowest BCUT2D eigenvalue weighted by Gasteiger charge is -2.21. The second kappa shape index (κ2) is 74.9. The van der Waals surface area contributed by atoms with Gasteiger partial charge in [0.2, 0.25) is 0 Å². The molecule has 0 aliphatic heterocycles. The van der Waals surface area contributed by atoms with Crippen molar-refractivity contribution in [1.29, 1.82) is 0 Å². The summed E-state index contributed by atoms with van der Waals surface area (Å²) in [6.07, 6.45) is 66.6. The summed E-state index contributed by atoms with van der Waals surface area (Å²) in [7, 11) is -9.92. The van der Waals surface area contributed by atoms with Crippen molar-refractivity contribution in [3.05, 3.63) is 0 Å². The van der Waals surface area contributed by atoms with E-state index in [-0.39, 0.29) is 25.7 Å². The lowest BCUT2D eigenvalue weighted by Crippen LogP contribution is -2.30. The Hall–Kier alpha value is -1.94. The van der Waals surface area contributed by atoms with Crippen LogP contribution in [-0.4, -0.2) is 96.7 Å². The van der Waals surface area contributed by atoms with Gasteiger partial charge >= 0.3 is 39.5 Å². The number of rotatable bonds is 82. The summed E-state index contributed by atoms with van der Waals surface area (Å²) in [6.45, 7) is 7.35. The summed E-state index contributed by atoms with van der Waals surface area (Å²) in [4.78, 5) is 73.0. The van der Waals surface area contributed by atoms with Crippen LogP contribution in [0.1, 0.15) is 439 Å². The minimum Gasteiger partial charge on any atom is -0.462 e. The van der Waals surface area contributed by atoms with Crippen molar-refractivity contribution in [2.45, 2.75) is 457 Å². The standard InChI is InChI=1S/C82H160O17P2/c1-6-9-12-15-18-21-24-26-27-28-29-30-31-32-33-34-37-43-48-53-58-63-68-82(87)99-78(72-93-80(85)66-61-56-51-46-42-38-35-36-40-44-49-54-59-64-75(4)5)74-97-101(90,91)95-70-76(83)69-94-100(88,89)96-73-77(71-92-79(84)65-60-55-50-45-39-23-20-17-14-11-8-3)98-81(86)67-62-57-52-47-41-25-22-19-16-13-10-7-2/h75-78,83H,6-74H2,1-5H3,(H,88,89)(H,90,91)/t76-,77+,78+/m0/s1. The molecule has 0 saturated carbocycles. The van der Waals surface area contributed by atoms with Crippen molar-refractivity contribution in [3.8, 4) is 0 Å². The fourth-order valence-corrected chi connectivity index (χ4v) is 14.3. The number of carbonyl (C=O) groups is 4. The second-order valence-electron chi connectivity index (χ2n) is 30.0. The highest BCUT2D eigenvalue weighted by atomic mass is 31.2. The number of hydrogen-bond acceptors (Lipinski definition) is 15. The van der Waals surface area contributed by atoms with Crippen LogP contribution in [0.2, 0.25) is 0 Å². The lowest BCUT2D eigenvalue weighted by molar-refractivity contribution is -0.161. The van der Waals surface area contributed by atoms with E-state index in [1.54, 1.807) is 0 Å². The highest BCUT2D eigenvalue weighted by molar-refractivity contribution is 7.47. The van der Waals surface area contributed by atoms with Gasteiger partial charge in [-0.05, 0) is 31.6 Å². The minimum absolute atomic E-state index is 0.108. The van der Waals surface area contributed by atoms with Crippen molar-refractivity contribution in [2.24, 2.45) is 5.92 Å².